The average molecular weight is 276 g/mol. The first-order valence-corrected chi connectivity index (χ1v) is 6.64. The fourth-order valence-corrected chi connectivity index (χ4v) is 2.24. The molecule has 0 aromatic heterocycles. The Kier molecular flexibility index (Phi) is 4.33. The van der Waals surface area contributed by atoms with Crippen molar-refractivity contribution in [2.24, 2.45) is 0 Å². The summed E-state index contributed by atoms with van der Waals surface area (Å²) in [6, 6.07) is 14.2. The van der Waals surface area contributed by atoms with Crippen molar-refractivity contribution in [2.75, 3.05) is 12.4 Å². The molecular formula is C16H18ClNO. The van der Waals surface area contributed by atoms with Gasteiger partial charge in [-0.3, -0.25) is 0 Å². The molecule has 0 saturated heterocycles. The van der Waals surface area contributed by atoms with Gasteiger partial charge < -0.3 is 10.1 Å². The van der Waals surface area contributed by atoms with Crippen LogP contribution in [0.25, 0.3) is 0 Å². The fourth-order valence-electron chi connectivity index (χ4n) is 2.02. The highest BCUT2D eigenvalue weighted by molar-refractivity contribution is 6.30. The van der Waals surface area contributed by atoms with Crippen molar-refractivity contribution >= 4 is 17.3 Å². The molecule has 0 aliphatic heterocycles. The van der Waals surface area contributed by atoms with E-state index in [1.807, 2.05) is 43.3 Å². The standard InChI is InChI=1S/C16H18ClNO/c1-11-9-14(17)7-8-16(11)18-12(2)13-5-4-6-15(10-13)19-3/h4-10,12,18H,1-3H3. The lowest BCUT2D eigenvalue weighted by atomic mass is 10.1. The minimum atomic E-state index is 0.204. The second kappa shape index (κ2) is 5.98. The molecule has 0 spiro atoms. The van der Waals surface area contributed by atoms with Gasteiger partial charge in [0.15, 0.2) is 0 Å². The number of aryl methyl sites for hydroxylation is 1. The normalized spacial score (nSPS) is 12.0. The molecule has 0 heterocycles. The Balaban J connectivity index is 2.17. The SMILES string of the molecule is COc1cccc(C(C)Nc2ccc(Cl)cc2C)c1. The van der Waals surface area contributed by atoms with Crippen LogP contribution in [0.2, 0.25) is 5.02 Å². The predicted molar refractivity (Wildman–Crippen MR) is 81.2 cm³/mol. The van der Waals surface area contributed by atoms with Gasteiger partial charge in [0.2, 0.25) is 0 Å². The van der Waals surface area contributed by atoms with Crippen LogP contribution in [0, 0.1) is 6.92 Å². The summed E-state index contributed by atoms with van der Waals surface area (Å²) in [5.74, 6) is 0.874. The highest BCUT2D eigenvalue weighted by Gasteiger charge is 2.08. The van der Waals surface area contributed by atoms with Crippen molar-refractivity contribution in [1.82, 2.24) is 0 Å². The summed E-state index contributed by atoms with van der Waals surface area (Å²) in [5.41, 5.74) is 3.43. The van der Waals surface area contributed by atoms with E-state index in [1.165, 1.54) is 5.56 Å². The van der Waals surface area contributed by atoms with Crippen LogP contribution in [0.1, 0.15) is 24.1 Å². The monoisotopic (exact) mass is 275 g/mol. The highest BCUT2D eigenvalue weighted by atomic mass is 35.5. The van der Waals surface area contributed by atoms with Gasteiger partial charge in [-0.2, -0.15) is 0 Å². The van der Waals surface area contributed by atoms with Crippen LogP contribution in [0.5, 0.6) is 5.75 Å². The van der Waals surface area contributed by atoms with Gasteiger partial charge in [-0.25, -0.2) is 0 Å². The molecule has 0 bridgehead atoms. The Bertz CT molecular complexity index is 568. The van der Waals surface area contributed by atoms with Gasteiger partial charge in [-0.05, 0) is 55.3 Å². The first-order chi connectivity index (χ1) is 9.10. The molecular weight excluding hydrogens is 258 g/mol. The van der Waals surface area contributed by atoms with E-state index < -0.39 is 0 Å². The molecule has 0 fully saturated rings. The van der Waals surface area contributed by atoms with Crippen molar-refractivity contribution in [3.63, 3.8) is 0 Å². The summed E-state index contributed by atoms with van der Waals surface area (Å²) in [5, 5.41) is 4.25. The van der Waals surface area contributed by atoms with Crippen LogP contribution < -0.4 is 10.1 Å². The molecule has 19 heavy (non-hydrogen) atoms. The molecule has 2 aromatic carbocycles. The molecule has 3 heteroatoms. The van der Waals surface area contributed by atoms with E-state index in [-0.39, 0.29) is 6.04 Å². The summed E-state index contributed by atoms with van der Waals surface area (Å²) in [7, 11) is 1.68. The van der Waals surface area contributed by atoms with Crippen molar-refractivity contribution in [3.8, 4) is 5.75 Å². The van der Waals surface area contributed by atoms with E-state index in [1.54, 1.807) is 7.11 Å². The highest BCUT2D eigenvalue weighted by Crippen LogP contribution is 2.26. The van der Waals surface area contributed by atoms with E-state index >= 15 is 0 Å². The van der Waals surface area contributed by atoms with Crippen molar-refractivity contribution in [3.05, 3.63) is 58.6 Å². The first kappa shape index (κ1) is 13.8. The number of ether oxygens (including phenoxy) is 1. The topological polar surface area (TPSA) is 21.3 Å². The molecule has 2 nitrogen and oxygen atoms in total. The van der Waals surface area contributed by atoms with Gasteiger partial charge in [-0.1, -0.05) is 23.7 Å². The van der Waals surface area contributed by atoms with Gasteiger partial charge in [0.1, 0.15) is 5.75 Å². The number of anilines is 1. The van der Waals surface area contributed by atoms with Gasteiger partial charge >= 0.3 is 0 Å². The third-order valence-corrected chi connectivity index (χ3v) is 3.39. The van der Waals surface area contributed by atoms with Crippen molar-refractivity contribution in [1.29, 1.82) is 0 Å². The van der Waals surface area contributed by atoms with Crippen molar-refractivity contribution in [2.45, 2.75) is 19.9 Å². The Hall–Kier alpha value is -1.67. The van der Waals surface area contributed by atoms with Crippen LogP contribution in [0.4, 0.5) is 5.69 Å². The second-order valence-corrected chi connectivity index (χ2v) is 5.04. The molecule has 0 aliphatic carbocycles. The Labute approximate surface area is 119 Å². The van der Waals surface area contributed by atoms with E-state index in [2.05, 4.69) is 18.3 Å². The number of halogens is 1. The molecule has 1 atom stereocenters. The Morgan fingerprint density at radius 2 is 1.95 bits per heavy atom. The lowest BCUT2D eigenvalue weighted by Gasteiger charge is -2.18. The quantitative estimate of drug-likeness (QED) is 0.863. The maximum Gasteiger partial charge on any atom is 0.119 e. The zero-order valence-corrected chi connectivity index (χ0v) is 12.2. The molecule has 0 amide bonds. The number of rotatable bonds is 4. The zero-order chi connectivity index (χ0) is 13.8. The molecule has 1 unspecified atom stereocenters. The van der Waals surface area contributed by atoms with E-state index in [4.69, 9.17) is 16.3 Å². The first-order valence-electron chi connectivity index (χ1n) is 6.27. The molecule has 0 aliphatic rings. The number of nitrogens with one attached hydrogen (secondary N) is 1. The molecule has 1 N–H and O–H groups in total. The van der Waals surface area contributed by atoms with Crippen LogP contribution in [0.15, 0.2) is 42.5 Å². The summed E-state index contributed by atoms with van der Waals surface area (Å²) in [6.45, 7) is 4.18. The molecule has 100 valence electrons. The number of hydrogen-bond acceptors (Lipinski definition) is 2. The second-order valence-electron chi connectivity index (χ2n) is 4.60. The van der Waals surface area contributed by atoms with E-state index in [9.17, 15) is 0 Å². The predicted octanol–water partition coefficient (Wildman–Crippen LogP) is 4.83. The Morgan fingerprint density at radius 3 is 2.63 bits per heavy atom. The fraction of sp³-hybridized carbons (Fsp3) is 0.250. The molecule has 2 rings (SSSR count). The smallest absolute Gasteiger partial charge is 0.119 e. The maximum atomic E-state index is 5.97. The lowest BCUT2D eigenvalue weighted by molar-refractivity contribution is 0.414. The van der Waals surface area contributed by atoms with Gasteiger partial charge in [0.25, 0.3) is 0 Å². The van der Waals surface area contributed by atoms with Crippen LogP contribution in [0.3, 0.4) is 0 Å². The number of hydrogen-bond donors (Lipinski definition) is 1. The molecule has 2 aromatic rings. The summed E-state index contributed by atoms with van der Waals surface area (Å²) in [4.78, 5) is 0. The van der Waals surface area contributed by atoms with E-state index in [0.29, 0.717) is 0 Å². The number of methoxy groups -OCH3 is 1. The number of benzene rings is 2. The minimum absolute atomic E-state index is 0.204. The van der Waals surface area contributed by atoms with E-state index in [0.717, 1.165) is 22.0 Å². The third-order valence-electron chi connectivity index (χ3n) is 3.15. The molecule has 0 saturated carbocycles. The van der Waals surface area contributed by atoms with Gasteiger partial charge in [-0.15, -0.1) is 0 Å². The summed E-state index contributed by atoms with van der Waals surface area (Å²) >= 11 is 5.97. The van der Waals surface area contributed by atoms with Crippen LogP contribution in [-0.2, 0) is 0 Å². The summed E-state index contributed by atoms with van der Waals surface area (Å²) in [6.07, 6.45) is 0. The average Bonchev–Trinajstić information content (AvgIpc) is 2.42. The maximum absolute atomic E-state index is 5.97. The Morgan fingerprint density at radius 1 is 1.16 bits per heavy atom. The van der Waals surface area contributed by atoms with Crippen molar-refractivity contribution < 1.29 is 4.74 Å². The van der Waals surface area contributed by atoms with Gasteiger partial charge in [0.05, 0.1) is 7.11 Å². The lowest BCUT2D eigenvalue weighted by Crippen LogP contribution is -2.07. The zero-order valence-electron chi connectivity index (χ0n) is 11.4. The summed E-state index contributed by atoms with van der Waals surface area (Å²) < 4.78 is 5.25. The minimum Gasteiger partial charge on any atom is -0.497 e. The molecule has 0 radical (unpaired) electrons. The largest absolute Gasteiger partial charge is 0.497 e. The van der Waals surface area contributed by atoms with Crippen LogP contribution >= 0.6 is 11.6 Å². The van der Waals surface area contributed by atoms with Gasteiger partial charge in [0, 0.05) is 16.8 Å². The third kappa shape index (κ3) is 3.42. The van der Waals surface area contributed by atoms with Crippen LogP contribution in [-0.4, -0.2) is 7.11 Å².